The van der Waals surface area contributed by atoms with Gasteiger partial charge in [0.25, 0.3) is 0 Å². The first kappa shape index (κ1) is 17.4. The monoisotopic (exact) mass is 358 g/mol. The summed E-state index contributed by atoms with van der Waals surface area (Å²) in [5.74, 6) is 1.60. The molecule has 2 aromatic rings. The Morgan fingerprint density at radius 3 is 2.73 bits per heavy atom. The Hall–Kier alpha value is -2.03. The van der Waals surface area contributed by atoms with Crippen molar-refractivity contribution in [3.63, 3.8) is 0 Å². The van der Waals surface area contributed by atoms with Crippen molar-refractivity contribution in [2.45, 2.75) is 31.0 Å². The Balaban J connectivity index is 1.51. The number of anilines is 1. The molecule has 2 aliphatic heterocycles. The average molecular weight is 358 g/mol. The lowest BCUT2D eigenvalue weighted by atomic mass is 10.1. The number of ether oxygens (including phenoxy) is 1. The van der Waals surface area contributed by atoms with Crippen LogP contribution in [0.5, 0.6) is 0 Å². The first-order valence-electron chi connectivity index (χ1n) is 9.14. The Bertz CT molecular complexity index is 732. The van der Waals surface area contributed by atoms with Gasteiger partial charge in [-0.1, -0.05) is 0 Å². The lowest BCUT2D eigenvalue weighted by Gasteiger charge is -2.34. The molecular formula is C18H26N6O2. The smallest absolute Gasteiger partial charge is 0.224 e. The quantitative estimate of drug-likeness (QED) is 0.847. The van der Waals surface area contributed by atoms with E-state index < -0.39 is 0 Å². The molecule has 1 N–H and O–H groups in total. The second kappa shape index (κ2) is 7.30. The van der Waals surface area contributed by atoms with Crippen LogP contribution >= 0.6 is 0 Å². The molecule has 4 heterocycles. The molecule has 0 saturated carbocycles. The van der Waals surface area contributed by atoms with E-state index in [2.05, 4.69) is 24.4 Å². The van der Waals surface area contributed by atoms with Gasteiger partial charge in [0.15, 0.2) is 0 Å². The Morgan fingerprint density at radius 1 is 1.19 bits per heavy atom. The van der Waals surface area contributed by atoms with E-state index in [1.54, 1.807) is 0 Å². The summed E-state index contributed by atoms with van der Waals surface area (Å²) >= 11 is 0. The van der Waals surface area contributed by atoms with E-state index in [1.165, 1.54) is 0 Å². The van der Waals surface area contributed by atoms with Gasteiger partial charge in [-0.2, -0.15) is 0 Å². The fraction of sp³-hybridized carbons (Fsp3) is 0.611. The van der Waals surface area contributed by atoms with Crippen molar-refractivity contribution in [2.75, 3.05) is 45.3 Å². The van der Waals surface area contributed by atoms with Crippen LogP contribution in [0.2, 0.25) is 0 Å². The van der Waals surface area contributed by atoms with E-state index in [0.717, 1.165) is 37.5 Å². The zero-order valence-electron chi connectivity index (χ0n) is 15.3. The minimum absolute atomic E-state index is 0.143. The topological polar surface area (TPSA) is 79.5 Å². The first-order chi connectivity index (χ1) is 12.7. The maximum Gasteiger partial charge on any atom is 0.224 e. The fourth-order valence-corrected chi connectivity index (χ4v) is 3.93. The van der Waals surface area contributed by atoms with Gasteiger partial charge in [-0.25, -0.2) is 15.0 Å². The van der Waals surface area contributed by atoms with Crippen molar-refractivity contribution in [3.8, 4) is 11.4 Å². The molecule has 8 heteroatoms. The number of nitrogens with zero attached hydrogens (tertiary/aromatic N) is 6. The minimum Gasteiger partial charge on any atom is -0.396 e. The Morgan fingerprint density at radius 2 is 2.00 bits per heavy atom. The summed E-state index contributed by atoms with van der Waals surface area (Å²) < 4.78 is 8.14. The molecule has 0 unspecified atom stereocenters. The lowest BCUT2D eigenvalue weighted by Crippen LogP contribution is -2.46. The van der Waals surface area contributed by atoms with Crippen LogP contribution in [0, 0.1) is 0 Å². The third-order valence-electron chi connectivity index (χ3n) is 5.28. The van der Waals surface area contributed by atoms with E-state index in [0.29, 0.717) is 24.5 Å². The van der Waals surface area contributed by atoms with E-state index in [4.69, 9.17) is 9.84 Å². The van der Waals surface area contributed by atoms with E-state index in [-0.39, 0.29) is 12.7 Å². The van der Waals surface area contributed by atoms with Crippen molar-refractivity contribution in [1.82, 2.24) is 24.4 Å². The number of aliphatic hydroxyl groups is 1. The summed E-state index contributed by atoms with van der Waals surface area (Å²) in [6, 6.07) is 0.806. The Labute approximate surface area is 153 Å². The standard InChI is InChI=1S/C18H26N6O2/c1-22(2)18-20-8-13(9-21-18)17-19-4-5-24(17)14-7-15-12-26-16(3-6-25)11-23(15)10-14/h4-5,8-9,14-16,25H,3,6-7,10-12H2,1-2H3/t14-,15-,16-/m0/s1. The van der Waals surface area contributed by atoms with Gasteiger partial charge < -0.3 is 19.3 Å². The molecule has 0 spiro atoms. The number of fused-ring (bicyclic) bond motifs is 1. The summed E-state index contributed by atoms with van der Waals surface area (Å²) in [5.41, 5.74) is 0.930. The molecule has 0 radical (unpaired) electrons. The third kappa shape index (κ3) is 3.32. The van der Waals surface area contributed by atoms with Gasteiger partial charge in [-0.15, -0.1) is 0 Å². The predicted molar refractivity (Wildman–Crippen MR) is 98.0 cm³/mol. The summed E-state index contributed by atoms with van der Waals surface area (Å²) in [4.78, 5) is 17.8. The summed E-state index contributed by atoms with van der Waals surface area (Å²) in [6.07, 6.45) is 9.46. The highest BCUT2D eigenvalue weighted by atomic mass is 16.5. The molecule has 2 aromatic heterocycles. The highest BCUT2D eigenvalue weighted by molar-refractivity contribution is 5.54. The molecule has 3 atom stereocenters. The third-order valence-corrected chi connectivity index (χ3v) is 5.28. The molecule has 26 heavy (non-hydrogen) atoms. The number of rotatable bonds is 5. The molecule has 2 fully saturated rings. The zero-order chi connectivity index (χ0) is 18.1. The van der Waals surface area contributed by atoms with Gasteiger partial charge in [0.1, 0.15) is 5.82 Å². The molecule has 0 bridgehead atoms. The number of aliphatic hydroxyl groups excluding tert-OH is 1. The average Bonchev–Trinajstić information content (AvgIpc) is 3.28. The van der Waals surface area contributed by atoms with Crippen LogP contribution in [0.4, 0.5) is 5.95 Å². The van der Waals surface area contributed by atoms with Crippen molar-refractivity contribution < 1.29 is 9.84 Å². The van der Waals surface area contributed by atoms with Gasteiger partial charge in [-0.05, 0) is 12.8 Å². The van der Waals surface area contributed by atoms with Gasteiger partial charge in [0, 0.05) is 70.7 Å². The largest absolute Gasteiger partial charge is 0.396 e. The number of morpholine rings is 1. The van der Waals surface area contributed by atoms with E-state index in [1.807, 2.05) is 43.8 Å². The van der Waals surface area contributed by atoms with Crippen LogP contribution in [0.1, 0.15) is 18.9 Å². The molecule has 0 aromatic carbocycles. The Kier molecular flexibility index (Phi) is 4.88. The SMILES string of the molecule is CN(C)c1ncc(-c2nccn2[C@H]2C[C@H]3CO[C@@H](CCO)CN3C2)cn1. The lowest BCUT2D eigenvalue weighted by molar-refractivity contribution is -0.0567. The summed E-state index contributed by atoms with van der Waals surface area (Å²) in [5, 5.41) is 9.15. The van der Waals surface area contributed by atoms with Gasteiger partial charge in [0.2, 0.25) is 5.95 Å². The molecule has 0 amide bonds. The first-order valence-corrected chi connectivity index (χ1v) is 9.14. The molecule has 140 valence electrons. The summed E-state index contributed by atoms with van der Waals surface area (Å²) in [7, 11) is 3.85. The molecule has 4 rings (SSSR count). The van der Waals surface area contributed by atoms with Crippen molar-refractivity contribution in [3.05, 3.63) is 24.8 Å². The van der Waals surface area contributed by atoms with Crippen molar-refractivity contribution in [2.24, 2.45) is 0 Å². The number of hydrogen-bond donors (Lipinski definition) is 1. The zero-order valence-corrected chi connectivity index (χ0v) is 15.3. The molecule has 2 saturated heterocycles. The van der Waals surface area contributed by atoms with Crippen LogP contribution in [0.25, 0.3) is 11.4 Å². The van der Waals surface area contributed by atoms with Crippen molar-refractivity contribution in [1.29, 1.82) is 0 Å². The number of hydrogen-bond acceptors (Lipinski definition) is 7. The van der Waals surface area contributed by atoms with Crippen LogP contribution in [0.3, 0.4) is 0 Å². The summed E-state index contributed by atoms with van der Waals surface area (Å²) in [6.45, 7) is 2.80. The highest BCUT2D eigenvalue weighted by Gasteiger charge is 2.38. The van der Waals surface area contributed by atoms with E-state index in [9.17, 15) is 0 Å². The van der Waals surface area contributed by atoms with Crippen LogP contribution in [0.15, 0.2) is 24.8 Å². The number of aromatic nitrogens is 4. The maximum absolute atomic E-state index is 9.15. The predicted octanol–water partition coefficient (Wildman–Crippen LogP) is 0.803. The second-order valence-corrected chi connectivity index (χ2v) is 7.29. The molecular weight excluding hydrogens is 332 g/mol. The van der Waals surface area contributed by atoms with E-state index >= 15 is 0 Å². The van der Waals surface area contributed by atoms with Crippen LogP contribution in [-0.2, 0) is 4.74 Å². The van der Waals surface area contributed by atoms with Gasteiger partial charge in [0.05, 0.1) is 18.3 Å². The molecule has 8 nitrogen and oxygen atoms in total. The molecule has 2 aliphatic rings. The van der Waals surface area contributed by atoms with Gasteiger partial charge in [-0.3, -0.25) is 4.90 Å². The highest BCUT2D eigenvalue weighted by Crippen LogP contribution is 2.33. The van der Waals surface area contributed by atoms with Crippen molar-refractivity contribution >= 4 is 5.95 Å². The van der Waals surface area contributed by atoms with Crippen LogP contribution < -0.4 is 4.90 Å². The van der Waals surface area contributed by atoms with Crippen LogP contribution in [-0.4, -0.2) is 82.1 Å². The fourth-order valence-electron chi connectivity index (χ4n) is 3.93. The maximum atomic E-state index is 9.15. The number of imidazole rings is 1. The normalized spacial score (nSPS) is 26.0. The minimum atomic E-state index is 0.143. The molecule has 0 aliphatic carbocycles. The van der Waals surface area contributed by atoms with Gasteiger partial charge >= 0.3 is 0 Å². The second-order valence-electron chi connectivity index (χ2n) is 7.29.